The van der Waals surface area contributed by atoms with E-state index in [2.05, 4.69) is 15.9 Å². The molecule has 6 heteroatoms. The summed E-state index contributed by atoms with van der Waals surface area (Å²) in [6.07, 6.45) is 0. The van der Waals surface area contributed by atoms with Gasteiger partial charge in [-0.25, -0.2) is 9.18 Å². The second-order valence-electron chi connectivity index (χ2n) is 5.21. The van der Waals surface area contributed by atoms with Gasteiger partial charge in [0.05, 0.1) is 17.4 Å². The van der Waals surface area contributed by atoms with Gasteiger partial charge in [0.1, 0.15) is 5.82 Å². The van der Waals surface area contributed by atoms with Gasteiger partial charge in [-0.2, -0.15) is 0 Å². The third-order valence-electron chi connectivity index (χ3n) is 3.76. The van der Waals surface area contributed by atoms with E-state index >= 15 is 0 Å². The lowest BCUT2D eigenvalue weighted by molar-refractivity contribution is 0.610. The normalized spacial score (nSPS) is 11.1. The van der Waals surface area contributed by atoms with Gasteiger partial charge in [0.15, 0.2) is 0 Å². The van der Waals surface area contributed by atoms with Crippen LogP contribution in [0.3, 0.4) is 0 Å². The lowest BCUT2D eigenvalue weighted by Crippen LogP contribution is -2.40. The molecular formula is C17H14BrFN2O2. The summed E-state index contributed by atoms with van der Waals surface area (Å²) in [5, 5.41) is 0.338. The van der Waals surface area contributed by atoms with Crippen LogP contribution in [0.5, 0.6) is 0 Å². The number of benzene rings is 2. The maximum Gasteiger partial charge on any atom is 0.331 e. The van der Waals surface area contributed by atoms with Crippen LogP contribution in [-0.4, -0.2) is 9.13 Å². The highest BCUT2D eigenvalue weighted by atomic mass is 79.9. The van der Waals surface area contributed by atoms with E-state index in [-0.39, 0.29) is 6.54 Å². The van der Waals surface area contributed by atoms with Crippen molar-refractivity contribution in [1.82, 2.24) is 9.13 Å². The lowest BCUT2D eigenvalue weighted by atomic mass is 10.2. The molecule has 0 spiro atoms. The van der Waals surface area contributed by atoms with Crippen LogP contribution < -0.4 is 11.2 Å². The molecule has 0 aliphatic carbocycles. The number of halogens is 2. The monoisotopic (exact) mass is 376 g/mol. The average Bonchev–Trinajstić information content (AvgIpc) is 2.53. The molecule has 0 N–H and O–H groups in total. The molecule has 0 atom stereocenters. The van der Waals surface area contributed by atoms with Crippen LogP contribution in [0.4, 0.5) is 4.39 Å². The van der Waals surface area contributed by atoms with E-state index in [1.807, 2.05) is 24.3 Å². The second-order valence-corrected chi connectivity index (χ2v) is 6.12. The predicted octanol–water partition coefficient (Wildman–Crippen LogP) is 3.13. The summed E-state index contributed by atoms with van der Waals surface area (Å²) in [4.78, 5) is 25.2. The Bertz CT molecular complexity index is 990. The molecule has 0 unspecified atom stereocenters. The number of hydrogen-bond donors (Lipinski definition) is 0. The van der Waals surface area contributed by atoms with Gasteiger partial charge in [-0.15, -0.1) is 0 Å². The summed E-state index contributed by atoms with van der Waals surface area (Å²) >= 11 is 3.35. The molecule has 4 nitrogen and oxygen atoms in total. The predicted molar refractivity (Wildman–Crippen MR) is 91.3 cm³/mol. The molecule has 118 valence electrons. The molecule has 0 saturated carbocycles. The van der Waals surface area contributed by atoms with Crippen LogP contribution in [0.2, 0.25) is 0 Å². The highest BCUT2D eigenvalue weighted by Crippen LogP contribution is 2.13. The highest BCUT2D eigenvalue weighted by molar-refractivity contribution is 9.10. The third-order valence-corrected chi connectivity index (χ3v) is 4.29. The number of nitrogens with zero attached hydrogens (tertiary/aromatic N) is 2. The molecule has 1 heterocycles. The van der Waals surface area contributed by atoms with Crippen molar-refractivity contribution in [1.29, 1.82) is 0 Å². The first kappa shape index (κ1) is 15.7. The van der Waals surface area contributed by atoms with Gasteiger partial charge < -0.3 is 0 Å². The maximum atomic E-state index is 13.5. The van der Waals surface area contributed by atoms with E-state index in [1.54, 1.807) is 6.92 Å². The standard InChI is InChI=1S/C17H14BrFN2O2/c1-2-20-15-9-13(19)7-8-14(15)16(22)21(17(20)23)10-11-3-5-12(18)6-4-11/h3-9H,2,10H2,1H3. The molecule has 3 aromatic rings. The Kier molecular flexibility index (Phi) is 4.17. The SMILES string of the molecule is CCn1c(=O)n(Cc2ccc(Br)cc2)c(=O)c2ccc(F)cc21. The molecular weight excluding hydrogens is 363 g/mol. The van der Waals surface area contributed by atoms with E-state index in [4.69, 9.17) is 0 Å². The van der Waals surface area contributed by atoms with Gasteiger partial charge >= 0.3 is 5.69 Å². The Labute approximate surface area is 139 Å². The number of rotatable bonds is 3. The number of aryl methyl sites for hydroxylation is 1. The van der Waals surface area contributed by atoms with Crippen LogP contribution in [-0.2, 0) is 13.1 Å². The van der Waals surface area contributed by atoms with E-state index in [9.17, 15) is 14.0 Å². The zero-order valence-electron chi connectivity index (χ0n) is 12.4. The third kappa shape index (κ3) is 2.86. The van der Waals surface area contributed by atoms with Gasteiger partial charge in [0.25, 0.3) is 5.56 Å². The smallest absolute Gasteiger partial charge is 0.293 e. The Hall–Kier alpha value is -2.21. The summed E-state index contributed by atoms with van der Waals surface area (Å²) < 4.78 is 17.0. The van der Waals surface area contributed by atoms with Crippen molar-refractivity contribution < 1.29 is 4.39 Å². The minimum absolute atomic E-state index is 0.179. The molecule has 1 aromatic heterocycles. The average molecular weight is 377 g/mol. The van der Waals surface area contributed by atoms with Gasteiger partial charge in [-0.1, -0.05) is 28.1 Å². The Morgan fingerprint density at radius 3 is 2.39 bits per heavy atom. The van der Waals surface area contributed by atoms with Crippen molar-refractivity contribution in [2.45, 2.75) is 20.0 Å². The van der Waals surface area contributed by atoms with Crippen molar-refractivity contribution in [2.75, 3.05) is 0 Å². The number of aromatic nitrogens is 2. The fraction of sp³-hybridized carbons (Fsp3) is 0.176. The lowest BCUT2D eigenvalue weighted by Gasteiger charge is -2.13. The van der Waals surface area contributed by atoms with Gasteiger partial charge in [0, 0.05) is 11.0 Å². The van der Waals surface area contributed by atoms with Crippen LogP contribution in [0.25, 0.3) is 10.9 Å². The summed E-state index contributed by atoms with van der Waals surface area (Å²) in [5.74, 6) is -0.468. The summed E-state index contributed by atoms with van der Waals surface area (Å²) in [6, 6.07) is 11.3. The van der Waals surface area contributed by atoms with E-state index in [1.165, 1.54) is 27.3 Å². The molecule has 0 aliphatic heterocycles. The Balaban J connectivity index is 2.25. The van der Waals surface area contributed by atoms with Gasteiger partial charge in [0.2, 0.25) is 0 Å². The first-order valence-electron chi connectivity index (χ1n) is 7.18. The zero-order chi connectivity index (χ0) is 16.6. The Morgan fingerprint density at radius 2 is 1.74 bits per heavy atom. The minimum atomic E-state index is -0.468. The molecule has 0 aliphatic rings. The van der Waals surface area contributed by atoms with E-state index in [0.29, 0.717) is 17.4 Å². The largest absolute Gasteiger partial charge is 0.331 e. The molecule has 0 radical (unpaired) electrons. The Morgan fingerprint density at radius 1 is 1.04 bits per heavy atom. The van der Waals surface area contributed by atoms with Crippen LogP contribution in [0.1, 0.15) is 12.5 Å². The second kappa shape index (κ2) is 6.12. The first-order chi connectivity index (χ1) is 11.0. The first-order valence-corrected chi connectivity index (χ1v) is 7.98. The van der Waals surface area contributed by atoms with Crippen molar-refractivity contribution in [3.8, 4) is 0 Å². The number of hydrogen-bond acceptors (Lipinski definition) is 2. The topological polar surface area (TPSA) is 44.0 Å². The molecule has 3 rings (SSSR count). The van der Waals surface area contributed by atoms with E-state index < -0.39 is 17.1 Å². The molecule has 0 fully saturated rings. The molecule has 0 saturated heterocycles. The van der Waals surface area contributed by atoms with Crippen molar-refractivity contribution >= 4 is 26.8 Å². The van der Waals surface area contributed by atoms with Crippen molar-refractivity contribution in [3.63, 3.8) is 0 Å². The highest BCUT2D eigenvalue weighted by Gasteiger charge is 2.13. The van der Waals surface area contributed by atoms with Crippen LogP contribution in [0.15, 0.2) is 56.5 Å². The van der Waals surface area contributed by atoms with Crippen molar-refractivity contribution in [2.24, 2.45) is 0 Å². The van der Waals surface area contributed by atoms with Crippen molar-refractivity contribution in [3.05, 3.63) is 79.2 Å². The minimum Gasteiger partial charge on any atom is -0.293 e. The van der Waals surface area contributed by atoms with Gasteiger partial charge in [-0.3, -0.25) is 13.9 Å². The molecule has 0 amide bonds. The number of fused-ring (bicyclic) bond motifs is 1. The quantitative estimate of drug-likeness (QED) is 0.704. The molecule has 0 bridgehead atoms. The summed E-state index contributed by atoms with van der Waals surface area (Å²) in [7, 11) is 0. The van der Waals surface area contributed by atoms with Gasteiger partial charge in [-0.05, 0) is 42.8 Å². The molecule has 2 aromatic carbocycles. The van der Waals surface area contributed by atoms with Crippen LogP contribution in [0, 0.1) is 5.82 Å². The molecule has 23 heavy (non-hydrogen) atoms. The summed E-state index contributed by atoms with van der Waals surface area (Å²) in [6.45, 7) is 2.33. The van der Waals surface area contributed by atoms with E-state index in [0.717, 1.165) is 10.0 Å². The van der Waals surface area contributed by atoms with Crippen LogP contribution >= 0.6 is 15.9 Å². The maximum absolute atomic E-state index is 13.5. The summed E-state index contributed by atoms with van der Waals surface area (Å²) in [5.41, 5.74) is 0.335. The fourth-order valence-corrected chi connectivity index (χ4v) is 2.87. The fourth-order valence-electron chi connectivity index (χ4n) is 2.61. The zero-order valence-corrected chi connectivity index (χ0v) is 14.0.